The molecule has 1 heterocycles. The van der Waals surface area contributed by atoms with Crippen molar-refractivity contribution in [3.63, 3.8) is 0 Å². The first-order valence-corrected chi connectivity index (χ1v) is 7.92. The van der Waals surface area contributed by atoms with Gasteiger partial charge in [0.05, 0.1) is 11.2 Å². The lowest BCUT2D eigenvalue weighted by Crippen LogP contribution is -2.31. The molecule has 102 valence electrons. The van der Waals surface area contributed by atoms with Crippen LogP contribution in [0.2, 0.25) is 0 Å². The molecule has 0 bridgehead atoms. The van der Waals surface area contributed by atoms with E-state index in [0.29, 0.717) is 0 Å². The Morgan fingerprint density at radius 1 is 1.44 bits per heavy atom. The number of thiazole rings is 1. The highest BCUT2D eigenvalue weighted by molar-refractivity contribution is 7.09. The van der Waals surface area contributed by atoms with Gasteiger partial charge in [0.1, 0.15) is 0 Å². The topological polar surface area (TPSA) is 28.2 Å². The Hall–Kier alpha value is -0.450. The molecule has 0 atom stereocenters. The summed E-state index contributed by atoms with van der Waals surface area (Å²) in [5.74, 6) is 0.944. The van der Waals surface area contributed by atoms with E-state index in [1.807, 2.05) is 5.51 Å². The number of aryl methyl sites for hydroxylation is 1. The second-order valence-corrected chi connectivity index (χ2v) is 6.39. The maximum atomic E-state index is 4.29. The first-order valence-electron chi connectivity index (χ1n) is 7.04. The van der Waals surface area contributed by atoms with E-state index in [9.17, 15) is 0 Å². The van der Waals surface area contributed by atoms with Crippen LogP contribution in [0, 0.1) is 12.8 Å². The maximum absolute atomic E-state index is 4.29. The molecule has 0 radical (unpaired) electrons. The summed E-state index contributed by atoms with van der Waals surface area (Å²) in [4.78, 5) is 8.07. The van der Waals surface area contributed by atoms with Crippen molar-refractivity contribution in [1.82, 2.24) is 15.2 Å². The molecule has 0 amide bonds. The number of nitrogens with zero attached hydrogens (tertiary/aromatic N) is 2. The van der Waals surface area contributed by atoms with Gasteiger partial charge in [-0.15, -0.1) is 11.3 Å². The largest absolute Gasteiger partial charge is 0.315 e. The van der Waals surface area contributed by atoms with Crippen molar-refractivity contribution < 1.29 is 0 Å². The van der Waals surface area contributed by atoms with Crippen molar-refractivity contribution >= 4 is 11.3 Å². The van der Waals surface area contributed by atoms with Gasteiger partial charge in [0.2, 0.25) is 0 Å². The fourth-order valence-electron chi connectivity index (χ4n) is 2.59. The Kier molecular flexibility index (Phi) is 5.60. The van der Waals surface area contributed by atoms with Gasteiger partial charge < -0.3 is 5.32 Å². The minimum absolute atomic E-state index is 0.944. The maximum Gasteiger partial charge on any atom is 0.0798 e. The van der Waals surface area contributed by atoms with Gasteiger partial charge >= 0.3 is 0 Å². The van der Waals surface area contributed by atoms with Gasteiger partial charge in [-0.2, -0.15) is 0 Å². The fourth-order valence-corrected chi connectivity index (χ4v) is 3.45. The van der Waals surface area contributed by atoms with E-state index in [1.54, 1.807) is 11.3 Å². The minimum Gasteiger partial charge on any atom is -0.315 e. The lowest BCUT2D eigenvalue weighted by molar-refractivity contribution is 0.321. The van der Waals surface area contributed by atoms with Crippen LogP contribution in [0.3, 0.4) is 0 Å². The van der Waals surface area contributed by atoms with E-state index in [4.69, 9.17) is 0 Å². The summed E-state index contributed by atoms with van der Waals surface area (Å²) < 4.78 is 0. The van der Waals surface area contributed by atoms with Crippen LogP contribution in [0.5, 0.6) is 0 Å². The zero-order valence-electron chi connectivity index (χ0n) is 11.6. The molecule has 18 heavy (non-hydrogen) atoms. The predicted octanol–water partition coefficient (Wildman–Crippen LogP) is 2.66. The van der Waals surface area contributed by atoms with Crippen LogP contribution in [-0.2, 0) is 6.54 Å². The third kappa shape index (κ3) is 4.34. The van der Waals surface area contributed by atoms with E-state index in [-0.39, 0.29) is 0 Å². The molecule has 0 aliphatic heterocycles. The highest BCUT2D eigenvalue weighted by Crippen LogP contribution is 2.23. The molecule has 4 heteroatoms. The summed E-state index contributed by atoms with van der Waals surface area (Å²) in [5.41, 5.74) is 3.13. The van der Waals surface area contributed by atoms with E-state index in [0.717, 1.165) is 25.6 Å². The summed E-state index contributed by atoms with van der Waals surface area (Å²) >= 11 is 1.76. The molecule has 1 N–H and O–H groups in total. The number of nitrogens with one attached hydrogen (secondary N) is 1. The van der Waals surface area contributed by atoms with Crippen molar-refractivity contribution in [2.45, 2.75) is 39.2 Å². The van der Waals surface area contributed by atoms with Gasteiger partial charge in [-0.25, -0.2) is 4.98 Å². The second-order valence-electron chi connectivity index (χ2n) is 5.45. The molecule has 1 aliphatic rings. The first kappa shape index (κ1) is 14.0. The van der Waals surface area contributed by atoms with Gasteiger partial charge in [0.25, 0.3) is 0 Å². The molecule has 1 aromatic heterocycles. The van der Waals surface area contributed by atoms with E-state index >= 15 is 0 Å². The van der Waals surface area contributed by atoms with Crippen LogP contribution in [0.25, 0.3) is 0 Å². The second kappa shape index (κ2) is 7.22. The smallest absolute Gasteiger partial charge is 0.0798 e. The standard InChI is InChI=1S/C14H25N3S/c1-12-14(18-11-16-12)10-17(2)8-7-15-9-13-5-3-4-6-13/h11,13,15H,3-10H2,1-2H3. The van der Waals surface area contributed by atoms with Crippen LogP contribution in [0.1, 0.15) is 36.3 Å². The molecule has 1 fully saturated rings. The molecule has 0 aromatic carbocycles. The predicted molar refractivity (Wildman–Crippen MR) is 78.0 cm³/mol. The molecule has 1 aromatic rings. The number of hydrogen-bond donors (Lipinski definition) is 1. The van der Waals surface area contributed by atoms with Crippen molar-refractivity contribution in [3.8, 4) is 0 Å². The van der Waals surface area contributed by atoms with Crippen LogP contribution >= 0.6 is 11.3 Å². The molecular weight excluding hydrogens is 242 g/mol. The number of aromatic nitrogens is 1. The van der Waals surface area contributed by atoms with Gasteiger partial charge in [-0.3, -0.25) is 4.90 Å². The normalized spacial score (nSPS) is 16.8. The average Bonchev–Trinajstić information content (AvgIpc) is 2.98. The molecule has 1 saturated carbocycles. The minimum atomic E-state index is 0.944. The number of rotatable bonds is 7. The average molecular weight is 267 g/mol. The van der Waals surface area contributed by atoms with Gasteiger partial charge in [-0.05, 0) is 39.3 Å². The van der Waals surface area contributed by atoms with Crippen LogP contribution in [-0.4, -0.2) is 36.6 Å². The molecule has 3 nitrogen and oxygen atoms in total. The van der Waals surface area contributed by atoms with Crippen molar-refractivity contribution in [3.05, 3.63) is 16.1 Å². The van der Waals surface area contributed by atoms with E-state index in [1.165, 1.54) is 42.8 Å². The van der Waals surface area contributed by atoms with Crippen molar-refractivity contribution in [2.24, 2.45) is 5.92 Å². The SMILES string of the molecule is Cc1ncsc1CN(C)CCNCC1CCCC1. The highest BCUT2D eigenvalue weighted by Gasteiger charge is 2.14. The number of hydrogen-bond acceptors (Lipinski definition) is 4. The quantitative estimate of drug-likeness (QED) is 0.770. The molecule has 0 unspecified atom stereocenters. The Labute approximate surface area is 115 Å². The molecular formula is C14H25N3S. The summed E-state index contributed by atoms with van der Waals surface area (Å²) in [6, 6.07) is 0. The molecule has 0 spiro atoms. The molecule has 2 rings (SSSR count). The van der Waals surface area contributed by atoms with Crippen LogP contribution in [0.15, 0.2) is 5.51 Å². The summed E-state index contributed by atoms with van der Waals surface area (Å²) in [5, 5.41) is 3.60. The lowest BCUT2D eigenvalue weighted by atomic mass is 10.1. The third-order valence-corrected chi connectivity index (χ3v) is 4.76. The van der Waals surface area contributed by atoms with Gasteiger partial charge in [-0.1, -0.05) is 12.8 Å². The van der Waals surface area contributed by atoms with Crippen molar-refractivity contribution in [2.75, 3.05) is 26.7 Å². The Morgan fingerprint density at radius 2 is 2.22 bits per heavy atom. The summed E-state index contributed by atoms with van der Waals surface area (Å²) in [7, 11) is 2.19. The van der Waals surface area contributed by atoms with E-state index in [2.05, 4.69) is 29.2 Å². The summed E-state index contributed by atoms with van der Waals surface area (Å²) in [6.07, 6.45) is 5.75. The van der Waals surface area contributed by atoms with Crippen LogP contribution in [0.4, 0.5) is 0 Å². The zero-order valence-corrected chi connectivity index (χ0v) is 12.4. The van der Waals surface area contributed by atoms with Crippen LogP contribution < -0.4 is 5.32 Å². The zero-order chi connectivity index (χ0) is 12.8. The Balaban J connectivity index is 1.57. The fraction of sp³-hybridized carbons (Fsp3) is 0.786. The van der Waals surface area contributed by atoms with Gasteiger partial charge in [0, 0.05) is 24.5 Å². The third-order valence-electron chi connectivity index (χ3n) is 3.84. The highest BCUT2D eigenvalue weighted by atomic mass is 32.1. The number of likely N-dealkylation sites (N-methyl/N-ethyl adjacent to an activating group) is 1. The van der Waals surface area contributed by atoms with Crippen molar-refractivity contribution in [1.29, 1.82) is 0 Å². The Morgan fingerprint density at radius 3 is 2.89 bits per heavy atom. The Bertz CT molecular complexity index is 345. The first-order chi connectivity index (χ1) is 8.75. The van der Waals surface area contributed by atoms with Gasteiger partial charge in [0.15, 0.2) is 0 Å². The monoisotopic (exact) mass is 267 g/mol. The lowest BCUT2D eigenvalue weighted by Gasteiger charge is -2.17. The van der Waals surface area contributed by atoms with E-state index < -0.39 is 0 Å². The molecule has 1 aliphatic carbocycles. The summed E-state index contributed by atoms with van der Waals surface area (Å²) in [6.45, 7) is 6.56. The molecule has 0 saturated heterocycles.